The predicted molar refractivity (Wildman–Crippen MR) is 79.0 cm³/mol. The highest BCUT2D eigenvalue weighted by atomic mass is 16.5. The molecule has 114 valence electrons. The van der Waals surface area contributed by atoms with Gasteiger partial charge in [-0.1, -0.05) is 5.16 Å². The number of aromatic nitrogens is 2. The molecule has 0 N–H and O–H groups in total. The fraction of sp³-hybridized carbons (Fsp3) is 0.471. The Morgan fingerprint density at radius 3 is 3.00 bits per heavy atom. The molecule has 1 aromatic carbocycles. The molecule has 0 saturated heterocycles. The van der Waals surface area contributed by atoms with E-state index in [2.05, 4.69) is 10.1 Å². The molecule has 0 unspecified atom stereocenters. The van der Waals surface area contributed by atoms with Crippen LogP contribution >= 0.6 is 0 Å². The van der Waals surface area contributed by atoms with Crippen LogP contribution in [0.1, 0.15) is 72.3 Å². The van der Waals surface area contributed by atoms with E-state index in [4.69, 9.17) is 9.26 Å². The van der Waals surface area contributed by atoms with E-state index in [-0.39, 0.29) is 11.9 Å². The zero-order valence-corrected chi connectivity index (χ0v) is 12.5. The average Bonchev–Trinajstić information content (AvgIpc) is 3.24. The highest BCUT2D eigenvalue weighted by molar-refractivity contribution is 5.98. The van der Waals surface area contributed by atoms with Gasteiger partial charge < -0.3 is 9.26 Å². The van der Waals surface area contributed by atoms with Crippen LogP contribution in [0.25, 0.3) is 0 Å². The Bertz CT molecular complexity index is 718. The molecule has 5 nitrogen and oxygen atoms in total. The molecule has 0 radical (unpaired) electrons. The Balaban J connectivity index is 1.51. The fourth-order valence-corrected chi connectivity index (χ4v) is 2.87. The molecule has 0 amide bonds. The van der Waals surface area contributed by atoms with Crippen molar-refractivity contribution < 1.29 is 14.1 Å². The molecule has 1 heterocycles. The summed E-state index contributed by atoms with van der Waals surface area (Å²) in [6.45, 7) is 1.90. The summed E-state index contributed by atoms with van der Waals surface area (Å²) in [5.74, 6) is 2.75. The lowest BCUT2D eigenvalue weighted by atomic mass is 9.90. The molecule has 1 atom stereocenters. The third-order valence-electron chi connectivity index (χ3n) is 4.29. The zero-order valence-electron chi connectivity index (χ0n) is 12.5. The van der Waals surface area contributed by atoms with Crippen LogP contribution < -0.4 is 4.74 Å². The van der Waals surface area contributed by atoms with Crippen molar-refractivity contribution >= 4 is 5.78 Å². The van der Waals surface area contributed by atoms with Gasteiger partial charge in [0.15, 0.2) is 17.7 Å². The van der Waals surface area contributed by atoms with E-state index < -0.39 is 0 Å². The van der Waals surface area contributed by atoms with Crippen LogP contribution in [0, 0.1) is 0 Å². The lowest BCUT2D eigenvalue weighted by Gasteiger charge is -2.17. The molecule has 2 aliphatic rings. The molecule has 22 heavy (non-hydrogen) atoms. The summed E-state index contributed by atoms with van der Waals surface area (Å²) in [5.41, 5.74) is 1.91. The maximum Gasteiger partial charge on any atom is 0.267 e. The molecule has 0 bridgehead atoms. The van der Waals surface area contributed by atoms with E-state index in [1.165, 1.54) is 0 Å². The molecule has 0 spiro atoms. The first kappa shape index (κ1) is 13.5. The van der Waals surface area contributed by atoms with Crippen molar-refractivity contribution in [1.29, 1.82) is 0 Å². The molecule has 1 fully saturated rings. The quantitative estimate of drug-likeness (QED) is 0.862. The van der Waals surface area contributed by atoms with E-state index in [1.807, 2.05) is 25.1 Å². The molecule has 5 heteroatoms. The van der Waals surface area contributed by atoms with Crippen molar-refractivity contribution in [3.63, 3.8) is 0 Å². The second-order valence-corrected chi connectivity index (χ2v) is 6.12. The van der Waals surface area contributed by atoms with Gasteiger partial charge in [0.2, 0.25) is 0 Å². The van der Waals surface area contributed by atoms with E-state index in [9.17, 15) is 4.79 Å². The van der Waals surface area contributed by atoms with Gasteiger partial charge in [-0.3, -0.25) is 4.79 Å². The number of hydrogen-bond donors (Lipinski definition) is 0. The molecule has 1 aromatic heterocycles. The number of carbonyl (C=O) groups is 1. The van der Waals surface area contributed by atoms with Gasteiger partial charge in [-0.05, 0) is 56.4 Å². The topological polar surface area (TPSA) is 65.2 Å². The SMILES string of the molecule is C[C@@H](Oc1ccc2c(c1)CCCC2=O)c1nc(C2CC2)no1. The van der Waals surface area contributed by atoms with Gasteiger partial charge in [0.25, 0.3) is 5.89 Å². The molecule has 0 aliphatic heterocycles. The summed E-state index contributed by atoms with van der Waals surface area (Å²) >= 11 is 0. The van der Waals surface area contributed by atoms with Crippen molar-refractivity contribution in [3.8, 4) is 5.75 Å². The highest BCUT2D eigenvalue weighted by Crippen LogP contribution is 2.38. The van der Waals surface area contributed by atoms with Crippen molar-refractivity contribution in [2.75, 3.05) is 0 Å². The number of ether oxygens (including phenoxy) is 1. The minimum Gasteiger partial charge on any atom is -0.481 e. The Hall–Kier alpha value is -2.17. The Labute approximate surface area is 128 Å². The summed E-state index contributed by atoms with van der Waals surface area (Å²) < 4.78 is 11.2. The number of hydrogen-bond acceptors (Lipinski definition) is 5. The number of aryl methyl sites for hydroxylation is 1. The maximum absolute atomic E-state index is 11.8. The molecule has 4 rings (SSSR count). The number of Topliss-reactive ketones (excluding diaryl/α,β-unsaturated/α-hetero) is 1. The summed E-state index contributed by atoms with van der Waals surface area (Å²) in [5, 5.41) is 4.01. The zero-order chi connectivity index (χ0) is 15.1. The van der Waals surface area contributed by atoms with Gasteiger partial charge in [-0.15, -0.1) is 0 Å². The number of fused-ring (bicyclic) bond motifs is 1. The number of nitrogens with zero attached hydrogens (tertiary/aromatic N) is 2. The van der Waals surface area contributed by atoms with Gasteiger partial charge in [0.05, 0.1) is 0 Å². The molecule has 2 aliphatic carbocycles. The normalized spacial score (nSPS) is 18.9. The van der Waals surface area contributed by atoms with Crippen molar-refractivity contribution in [3.05, 3.63) is 41.0 Å². The van der Waals surface area contributed by atoms with Crippen molar-refractivity contribution in [1.82, 2.24) is 10.1 Å². The van der Waals surface area contributed by atoms with Crippen LogP contribution in [0.15, 0.2) is 22.7 Å². The van der Waals surface area contributed by atoms with Crippen LogP contribution in [0.2, 0.25) is 0 Å². The first-order valence-corrected chi connectivity index (χ1v) is 7.87. The first-order valence-electron chi connectivity index (χ1n) is 7.87. The summed E-state index contributed by atoms with van der Waals surface area (Å²) in [6.07, 6.45) is 4.49. The number of rotatable bonds is 4. The van der Waals surface area contributed by atoms with Crippen LogP contribution in [0.5, 0.6) is 5.75 Å². The summed E-state index contributed by atoms with van der Waals surface area (Å²) in [7, 11) is 0. The van der Waals surface area contributed by atoms with E-state index in [0.29, 0.717) is 18.2 Å². The largest absolute Gasteiger partial charge is 0.481 e. The first-order chi connectivity index (χ1) is 10.7. The molecular weight excluding hydrogens is 280 g/mol. The lowest BCUT2D eigenvalue weighted by molar-refractivity contribution is 0.0972. The molecule has 2 aromatic rings. The standard InChI is InChI=1S/C17H18N2O3/c1-10(17-18-16(19-22-17)11-5-6-11)21-13-7-8-14-12(9-13)3-2-4-15(14)20/h7-11H,2-6H2,1H3/t10-/m1/s1. The van der Waals surface area contributed by atoms with Gasteiger partial charge in [-0.2, -0.15) is 4.98 Å². The van der Waals surface area contributed by atoms with Crippen LogP contribution in [-0.4, -0.2) is 15.9 Å². The lowest BCUT2D eigenvalue weighted by Crippen LogP contribution is -2.11. The van der Waals surface area contributed by atoms with Crippen LogP contribution in [0.4, 0.5) is 0 Å². The second-order valence-electron chi connectivity index (χ2n) is 6.12. The molecular formula is C17H18N2O3. The predicted octanol–water partition coefficient (Wildman–Crippen LogP) is 3.61. The van der Waals surface area contributed by atoms with Crippen LogP contribution in [-0.2, 0) is 6.42 Å². The third kappa shape index (κ3) is 2.51. The van der Waals surface area contributed by atoms with Crippen LogP contribution in [0.3, 0.4) is 0 Å². The number of benzene rings is 1. The Kier molecular flexibility index (Phi) is 3.21. The number of carbonyl (C=O) groups excluding carboxylic acids is 1. The fourth-order valence-electron chi connectivity index (χ4n) is 2.87. The van der Waals surface area contributed by atoms with E-state index >= 15 is 0 Å². The van der Waals surface area contributed by atoms with Crippen molar-refractivity contribution in [2.45, 2.75) is 51.0 Å². The van der Waals surface area contributed by atoms with Gasteiger partial charge in [-0.25, -0.2) is 0 Å². The Morgan fingerprint density at radius 1 is 1.32 bits per heavy atom. The van der Waals surface area contributed by atoms with E-state index in [1.54, 1.807) is 0 Å². The minimum atomic E-state index is -0.294. The second kappa shape index (κ2) is 5.23. The average molecular weight is 298 g/mol. The van der Waals surface area contributed by atoms with Crippen molar-refractivity contribution in [2.24, 2.45) is 0 Å². The maximum atomic E-state index is 11.8. The molecule has 1 saturated carbocycles. The van der Waals surface area contributed by atoms with E-state index in [0.717, 1.165) is 48.4 Å². The van der Waals surface area contributed by atoms with Gasteiger partial charge in [0, 0.05) is 17.9 Å². The van der Waals surface area contributed by atoms with Gasteiger partial charge >= 0.3 is 0 Å². The Morgan fingerprint density at radius 2 is 2.18 bits per heavy atom. The summed E-state index contributed by atoms with van der Waals surface area (Å²) in [4.78, 5) is 16.2. The monoisotopic (exact) mass is 298 g/mol. The minimum absolute atomic E-state index is 0.229. The highest BCUT2D eigenvalue weighted by Gasteiger charge is 2.30. The smallest absolute Gasteiger partial charge is 0.267 e. The van der Waals surface area contributed by atoms with Gasteiger partial charge in [0.1, 0.15) is 5.75 Å². The summed E-state index contributed by atoms with van der Waals surface area (Å²) in [6, 6.07) is 5.67. The number of ketones is 1. The third-order valence-corrected chi connectivity index (χ3v) is 4.29.